The summed E-state index contributed by atoms with van der Waals surface area (Å²) in [5.74, 6) is 0.232. The van der Waals surface area contributed by atoms with Gasteiger partial charge in [0.05, 0.1) is 0 Å². The molecule has 0 aromatic heterocycles. The van der Waals surface area contributed by atoms with Crippen LogP contribution in [0.4, 0.5) is 0 Å². The highest BCUT2D eigenvalue weighted by Crippen LogP contribution is 2.27. The van der Waals surface area contributed by atoms with Crippen molar-refractivity contribution in [3.05, 3.63) is 33.9 Å². The van der Waals surface area contributed by atoms with Crippen LogP contribution in [-0.4, -0.2) is 47.9 Å². The van der Waals surface area contributed by atoms with Crippen LogP contribution in [0.5, 0.6) is 0 Å². The number of hydrogen-bond acceptors (Lipinski definition) is 2. The molecular weight excluding hydrogens is 272 g/mol. The summed E-state index contributed by atoms with van der Waals surface area (Å²) in [5, 5.41) is 0. The molecule has 2 fully saturated rings. The second kappa shape index (κ2) is 6.04. The van der Waals surface area contributed by atoms with Crippen LogP contribution < -0.4 is 0 Å². The zero-order valence-electron chi connectivity index (χ0n) is 14.4. The molecule has 2 aliphatic heterocycles. The van der Waals surface area contributed by atoms with Crippen LogP contribution in [0.3, 0.4) is 0 Å². The van der Waals surface area contributed by atoms with Crippen molar-refractivity contribution in [3.63, 3.8) is 0 Å². The summed E-state index contributed by atoms with van der Waals surface area (Å²) in [7, 11) is 0. The number of rotatable bonds is 2. The molecule has 1 aromatic rings. The molecule has 1 aromatic carbocycles. The van der Waals surface area contributed by atoms with Crippen LogP contribution in [0.25, 0.3) is 0 Å². The van der Waals surface area contributed by atoms with E-state index in [-0.39, 0.29) is 5.91 Å². The lowest BCUT2D eigenvalue weighted by molar-refractivity contribution is 0.0202. The highest BCUT2D eigenvalue weighted by molar-refractivity contribution is 5.98. The lowest BCUT2D eigenvalue weighted by atomic mass is 9.92. The smallest absolute Gasteiger partial charge is 0.254 e. The fraction of sp³-hybridized carbons (Fsp3) is 0.632. The lowest BCUT2D eigenvalue weighted by Gasteiger charge is -2.47. The lowest BCUT2D eigenvalue weighted by Crippen LogP contribution is -2.62. The van der Waals surface area contributed by atoms with E-state index >= 15 is 0 Å². The molecule has 3 rings (SSSR count). The Morgan fingerprint density at radius 1 is 0.955 bits per heavy atom. The molecule has 0 N–H and O–H groups in total. The van der Waals surface area contributed by atoms with Crippen LogP contribution in [-0.2, 0) is 0 Å². The van der Waals surface area contributed by atoms with Gasteiger partial charge in [-0.05, 0) is 75.9 Å². The van der Waals surface area contributed by atoms with Gasteiger partial charge >= 0.3 is 0 Å². The van der Waals surface area contributed by atoms with Crippen LogP contribution in [0, 0.1) is 27.7 Å². The summed E-state index contributed by atoms with van der Waals surface area (Å²) < 4.78 is 0. The molecule has 2 saturated heterocycles. The topological polar surface area (TPSA) is 23.6 Å². The second-order valence-corrected chi connectivity index (χ2v) is 7.10. The number of likely N-dealkylation sites (tertiary alicyclic amines) is 2. The quantitative estimate of drug-likeness (QED) is 0.837. The molecule has 120 valence electrons. The zero-order chi connectivity index (χ0) is 15.9. The van der Waals surface area contributed by atoms with Gasteiger partial charge in [-0.2, -0.15) is 0 Å². The van der Waals surface area contributed by atoms with Crippen molar-refractivity contribution in [2.24, 2.45) is 0 Å². The molecule has 22 heavy (non-hydrogen) atoms. The van der Waals surface area contributed by atoms with Gasteiger partial charge in [0.1, 0.15) is 0 Å². The van der Waals surface area contributed by atoms with E-state index in [2.05, 4.69) is 38.7 Å². The van der Waals surface area contributed by atoms with E-state index in [9.17, 15) is 4.79 Å². The van der Waals surface area contributed by atoms with Gasteiger partial charge in [0.15, 0.2) is 0 Å². The summed E-state index contributed by atoms with van der Waals surface area (Å²) in [4.78, 5) is 17.5. The minimum atomic E-state index is 0.232. The Morgan fingerprint density at radius 2 is 1.50 bits per heavy atom. The van der Waals surface area contributed by atoms with Gasteiger partial charge in [-0.25, -0.2) is 0 Å². The number of amides is 1. The van der Waals surface area contributed by atoms with Gasteiger partial charge in [-0.15, -0.1) is 0 Å². The predicted octanol–water partition coefficient (Wildman–Crippen LogP) is 3.23. The molecular formula is C19H28N2O. The van der Waals surface area contributed by atoms with E-state index in [1.807, 2.05) is 4.90 Å². The summed E-state index contributed by atoms with van der Waals surface area (Å²) in [6.45, 7) is 12.6. The zero-order valence-corrected chi connectivity index (χ0v) is 14.4. The fourth-order valence-corrected chi connectivity index (χ4v) is 3.83. The number of benzene rings is 1. The minimum Gasteiger partial charge on any atom is -0.335 e. The summed E-state index contributed by atoms with van der Waals surface area (Å²) in [5.41, 5.74) is 5.68. The molecule has 0 unspecified atom stereocenters. The maximum absolute atomic E-state index is 12.9. The van der Waals surface area contributed by atoms with E-state index < -0.39 is 0 Å². The Hall–Kier alpha value is -1.35. The van der Waals surface area contributed by atoms with Crippen molar-refractivity contribution < 1.29 is 4.79 Å². The highest BCUT2D eigenvalue weighted by Gasteiger charge is 2.36. The van der Waals surface area contributed by atoms with Crippen molar-refractivity contribution >= 4 is 5.91 Å². The van der Waals surface area contributed by atoms with Crippen molar-refractivity contribution in [2.45, 2.75) is 53.0 Å². The number of hydrogen-bond donors (Lipinski definition) is 0. The van der Waals surface area contributed by atoms with Crippen LogP contribution in [0.2, 0.25) is 0 Å². The minimum absolute atomic E-state index is 0.232. The first-order valence-corrected chi connectivity index (χ1v) is 8.59. The van der Waals surface area contributed by atoms with E-state index in [4.69, 9.17) is 0 Å². The number of piperidine rings is 1. The maximum Gasteiger partial charge on any atom is 0.254 e. The Labute approximate surface area is 134 Å². The molecule has 0 atom stereocenters. The fourth-order valence-electron chi connectivity index (χ4n) is 3.83. The molecule has 3 nitrogen and oxygen atoms in total. The van der Waals surface area contributed by atoms with Gasteiger partial charge in [0.25, 0.3) is 5.91 Å². The molecule has 2 aliphatic rings. The molecule has 0 spiro atoms. The largest absolute Gasteiger partial charge is 0.335 e. The van der Waals surface area contributed by atoms with Gasteiger partial charge in [0, 0.05) is 24.7 Å². The monoisotopic (exact) mass is 300 g/mol. The molecule has 3 heteroatoms. The van der Waals surface area contributed by atoms with Crippen molar-refractivity contribution in [1.29, 1.82) is 0 Å². The summed E-state index contributed by atoms with van der Waals surface area (Å²) in [6.07, 6.45) is 4.01. The predicted molar refractivity (Wildman–Crippen MR) is 90.5 cm³/mol. The van der Waals surface area contributed by atoms with Crippen molar-refractivity contribution in [3.8, 4) is 0 Å². The summed E-state index contributed by atoms with van der Waals surface area (Å²) in [6, 6.07) is 2.78. The van der Waals surface area contributed by atoms with E-state index in [1.54, 1.807) is 0 Å². The average molecular weight is 300 g/mol. The van der Waals surface area contributed by atoms with E-state index in [0.717, 1.165) is 29.8 Å². The number of aryl methyl sites for hydroxylation is 2. The molecule has 0 saturated carbocycles. The number of carbonyl (C=O) groups excluding carboxylic acids is 1. The van der Waals surface area contributed by atoms with Gasteiger partial charge in [-0.1, -0.05) is 12.5 Å². The molecule has 0 aliphatic carbocycles. The first kappa shape index (κ1) is 15.5. The normalized spacial score (nSPS) is 20.1. The van der Waals surface area contributed by atoms with Crippen molar-refractivity contribution in [1.82, 2.24) is 9.80 Å². The van der Waals surface area contributed by atoms with Crippen LogP contribution in [0.1, 0.15) is 51.9 Å². The Balaban J connectivity index is 1.71. The Kier molecular flexibility index (Phi) is 4.26. The van der Waals surface area contributed by atoms with Crippen LogP contribution in [0.15, 0.2) is 6.07 Å². The number of nitrogens with zero attached hydrogens (tertiary/aromatic N) is 2. The van der Waals surface area contributed by atoms with E-state index in [1.165, 1.54) is 43.5 Å². The molecule has 2 heterocycles. The Morgan fingerprint density at radius 3 is 2.05 bits per heavy atom. The third kappa shape index (κ3) is 2.67. The third-order valence-corrected chi connectivity index (χ3v) is 5.64. The first-order valence-electron chi connectivity index (χ1n) is 8.59. The molecule has 0 radical (unpaired) electrons. The highest BCUT2D eigenvalue weighted by atomic mass is 16.2. The third-order valence-electron chi connectivity index (χ3n) is 5.64. The Bertz CT molecular complexity index is 555. The maximum atomic E-state index is 12.9. The van der Waals surface area contributed by atoms with E-state index in [0.29, 0.717) is 6.04 Å². The standard InChI is InChI=1S/C19H28N2O/c1-13-10-14(2)16(4)18(15(13)3)19(22)21-11-17(12-21)20-8-6-5-7-9-20/h10,17H,5-9,11-12H2,1-4H3. The average Bonchev–Trinajstić information content (AvgIpc) is 2.45. The molecule has 1 amide bonds. The van der Waals surface area contributed by atoms with Gasteiger partial charge in [-0.3, -0.25) is 9.69 Å². The van der Waals surface area contributed by atoms with Crippen LogP contribution >= 0.6 is 0 Å². The molecule has 0 bridgehead atoms. The van der Waals surface area contributed by atoms with Crippen molar-refractivity contribution in [2.75, 3.05) is 26.2 Å². The first-order chi connectivity index (χ1) is 10.5. The SMILES string of the molecule is Cc1cc(C)c(C)c(C(=O)N2CC(N3CCCCC3)C2)c1C. The van der Waals surface area contributed by atoms with Gasteiger partial charge in [0.2, 0.25) is 0 Å². The second-order valence-electron chi connectivity index (χ2n) is 7.10. The summed E-state index contributed by atoms with van der Waals surface area (Å²) >= 11 is 0. The van der Waals surface area contributed by atoms with Gasteiger partial charge < -0.3 is 4.90 Å². The number of carbonyl (C=O) groups is 1.